The van der Waals surface area contributed by atoms with Gasteiger partial charge < -0.3 is 73.6 Å². The molecule has 0 saturated carbocycles. The first-order chi connectivity index (χ1) is 31.9. The van der Waals surface area contributed by atoms with Crippen LogP contribution >= 0.6 is 0 Å². The first-order valence-corrected chi connectivity index (χ1v) is 20.8. The molecule has 0 bridgehead atoms. The van der Waals surface area contributed by atoms with E-state index in [1.54, 1.807) is 6.92 Å². The highest BCUT2D eigenvalue weighted by molar-refractivity contribution is 6.31. The molecule has 3 aromatic carbocycles. The molecule has 0 spiro atoms. The minimum Gasteiger partial charge on any atom is -0.507 e. The van der Waals surface area contributed by atoms with Gasteiger partial charge in [0, 0.05) is 41.6 Å². The molecule has 3 fully saturated rings. The number of ether oxygens (including phenoxy) is 8. The highest BCUT2D eigenvalue weighted by Crippen LogP contribution is 2.53. The molecular formula is C44H46N2O21. The molecule has 0 radical (unpaired) electrons. The monoisotopic (exact) mass is 938 g/mol. The average Bonchev–Trinajstić information content (AvgIpc) is 3.75. The van der Waals surface area contributed by atoms with Crippen molar-refractivity contribution in [3.05, 3.63) is 81.4 Å². The van der Waals surface area contributed by atoms with Gasteiger partial charge in [0.15, 0.2) is 24.0 Å². The lowest BCUT2D eigenvalue weighted by Gasteiger charge is -2.42. The summed E-state index contributed by atoms with van der Waals surface area (Å²) in [6, 6.07) is 9.44. The number of aliphatic hydroxyl groups excluding tert-OH is 4. The van der Waals surface area contributed by atoms with Gasteiger partial charge in [-0.15, -0.1) is 0 Å². The second kappa shape index (κ2) is 18.4. The van der Waals surface area contributed by atoms with E-state index in [-0.39, 0.29) is 53.4 Å². The van der Waals surface area contributed by atoms with Gasteiger partial charge in [0.25, 0.3) is 0 Å². The fourth-order valence-corrected chi connectivity index (χ4v) is 9.10. The van der Waals surface area contributed by atoms with Gasteiger partial charge in [-0.1, -0.05) is 24.3 Å². The molecule has 8 N–H and O–H groups in total. The number of aliphatic hydroxyl groups is 5. The molecule has 3 aliphatic heterocycles. The summed E-state index contributed by atoms with van der Waals surface area (Å²) in [5, 5.41) is 77.8. The Hall–Kier alpha value is -6.28. The maximum absolute atomic E-state index is 14.0. The topological polar surface area (TPSA) is 333 Å². The number of fused-ring (bicyclic) bond motifs is 4. The Morgan fingerprint density at radius 1 is 0.910 bits per heavy atom. The number of amides is 2. The number of anilines is 1. The predicted molar refractivity (Wildman–Crippen MR) is 219 cm³/mol. The summed E-state index contributed by atoms with van der Waals surface area (Å²) in [6.45, 7) is 0.0872. The highest BCUT2D eigenvalue weighted by Gasteiger charge is 2.53. The van der Waals surface area contributed by atoms with Gasteiger partial charge in [0.05, 0.1) is 49.2 Å². The molecular weight excluding hydrogens is 892 g/mol. The summed E-state index contributed by atoms with van der Waals surface area (Å²) in [5.41, 5.74) is -3.54. The molecule has 0 aromatic heterocycles. The number of rotatable bonds is 10. The second-order valence-electron chi connectivity index (χ2n) is 16.5. The quantitative estimate of drug-likeness (QED) is 0.0598. The number of Topliss-reactive ketones (excluding diaryl/α,β-unsaturated/α-hetero) is 1. The first-order valence-electron chi connectivity index (χ1n) is 20.8. The highest BCUT2D eigenvalue weighted by atomic mass is 16.7. The van der Waals surface area contributed by atoms with Crippen molar-refractivity contribution in [2.24, 2.45) is 0 Å². The largest absolute Gasteiger partial charge is 0.507 e. The molecule has 0 unspecified atom stereocenters. The van der Waals surface area contributed by atoms with Gasteiger partial charge >= 0.3 is 18.2 Å². The number of hydrogen-bond acceptors (Lipinski definition) is 21. The molecule has 2 amide bonds. The summed E-state index contributed by atoms with van der Waals surface area (Å²) < 4.78 is 44.0. The second-order valence-corrected chi connectivity index (χ2v) is 16.5. The van der Waals surface area contributed by atoms with Gasteiger partial charge in [-0.05, 0) is 30.7 Å². The number of esters is 1. The van der Waals surface area contributed by atoms with Crippen LogP contribution in [0.25, 0.3) is 0 Å². The number of carbonyl (C=O) groups is 6. The molecule has 3 heterocycles. The van der Waals surface area contributed by atoms with Crippen LogP contribution in [0.2, 0.25) is 0 Å². The van der Waals surface area contributed by atoms with E-state index in [1.165, 1.54) is 54.5 Å². The molecule has 3 aromatic rings. The third kappa shape index (κ3) is 8.42. The number of nitrogens with zero attached hydrogens (tertiary/aromatic N) is 1. The summed E-state index contributed by atoms with van der Waals surface area (Å²) in [5.74, 6) is -5.26. The van der Waals surface area contributed by atoms with E-state index in [4.69, 9.17) is 33.2 Å². The van der Waals surface area contributed by atoms with E-state index in [0.29, 0.717) is 5.56 Å². The standard InChI is InChI=1S/C44H46N2O21/c1-17-38-22(46(16-63-38)43(58)62-15-18-7-9-19(10-8-18)45-42(57)67-41-37(55)35(53)36(54)39(66-41)40(56)61-3)11-26(64-17)65-24-13-44(59,25(48)14-47)12-21-28(24)34(52)30-29(32(21)50)31(49)20-5-4-6-23(60-2)27(20)33(30)51/h4-10,17,22,24,26,35-39,41,47,50,52-55,59H,11-16H2,1-3H3,(H,45,57)/t17-,22-,24-,26-,35-,36-,37+,38+,39-,41-,44-/m0/s1. The van der Waals surface area contributed by atoms with Crippen molar-refractivity contribution in [1.29, 1.82) is 0 Å². The fraction of sp³-hybridized carbons (Fsp3) is 0.455. The number of ketones is 3. The van der Waals surface area contributed by atoms with Crippen LogP contribution < -0.4 is 10.1 Å². The summed E-state index contributed by atoms with van der Waals surface area (Å²) in [4.78, 5) is 80.3. The normalized spacial score (nSPS) is 29.7. The van der Waals surface area contributed by atoms with Crippen LogP contribution in [0.5, 0.6) is 17.2 Å². The zero-order valence-electron chi connectivity index (χ0n) is 35.9. The van der Waals surface area contributed by atoms with E-state index in [2.05, 4.69) is 10.1 Å². The molecule has 23 nitrogen and oxygen atoms in total. The molecule has 67 heavy (non-hydrogen) atoms. The van der Waals surface area contributed by atoms with Gasteiger partial charge in [0.2, 0.25) is 12.1 Å². The van der Waals surface area contributed by atoms with Gasteiger partial charge in [-0.2, -0.15) is 0 Å². The van der Waals surface area contributed by atoms with Crippen LogP contribution in [-0.2, 0) is 55.8 Å². The van der Waals surface area contributed by atoms with Crippen molar-refractivity contribution in [1.82, 2.24) is 4.90 Å². The lowest BCUT2D eigenvalue weighted by atomic mass is 9.72. The fourth-order valence-electron chi connectivity index (χ4n) is 9.10. The Morgan fingerprint density at radius 2 is 1.63 bits per heavy atom. The molecule has 2 aliphatic carbocycles. The lowest BCUT2D eigenvalue weighted by Crippen LogP contribution is -2.61. The zero-order valence-corrected chi connectivity index (χ0v) is 35.9. The number of aromatic hydroxyl groups is 2. The molecule has 11 atom stereocenters. The van der Waals surface area contributed by atoms with Crippen LogP contribution in [0, 0.1) is 0 Å². The average molecular weight is 939 g/mol. The summed E-state index contributed by atoms with van der Waals surface area (Å²) in [6.07, 6.45) is -16.7. The molecule has 5 aliphatic rings. The van der Waals surface area contributed by atoms with Gasteiger partial charge in [-0.3, -0.25) is 24.6 Å². The Labute approximate surface area is 379 Å². The van der Waals surface area contributed by atoms with Crippen molar-refractivity contribution >= 4 is 41.2 Å². The summed E-state index contributed by atoms with van der Waals surface area (Å²) in [7, 11) is 2.30. The first kappa shape index (κ1) is 47.2. The minimum atomic E-state index is -2.37. The number of phenols is 2. The number of methoxy groups -OCH3 is 2. The van der Waals surface area contributed by atoms with E-state index in [0.717, 1.165) is 7.11 Å². The molecule has 3 saturated heterocycles. The predicted octanol–water partition coefficient (Wildman–Crippen LogP) is 0.206. The number of carbonyl (C=O) groups excluding carboxylic acids is 6. The molecule has 23 heteroatoms. The van der Waals surface area contributed by atoms with Crippen LogP contribution in [0.1, 0.15) is 74.4 Å². The molecule has 8 rings (SSSR count). The van der Waals surface area contributed by atoms with Crippen LogP contribution in [-0.4, -0.2) is 165 Å². The van der Waals surface area contributed by atoms with Gasteiger partial charge in [0.1, 0.15) is 67.2 Å². The number of nitrogens with one attached hydrogen (secondary N) is 1. The van der Waals surface area contributed by atoms with Crippen molar-refractivity contribution < 1.29 is 102 Å². The van der Waals surface area contributed by atoms with Crippen LogP contribution in [0.4, 0.5) is 15.3 Å². The van der Waals surface area contributed by atoms with E-state index < -0.39 is 145 Å². The third-order valence-corrected chi connectivity index (χ3v) is 12.5. The Morgan fingerprint density at radius 3 is 2.31 bits per heavy atom. The minimum absolute atomic E-state index is 0.0407. The zero-order chi connectivity index (χ0) is 48.2. The van der Waals surface area contributed by atoms with Crippen molar-refractivity contribution in [2.75, 3.05) is 32.9 Å². The SMILES string of the molecule is COC(=O)[C@H]1O[C@@H](OC(=O)Nc2ccc(COC(=O)N3CO[C@@H]4[C@H](C)O[C@@H](O[C@H]5C[C@](O)(C(=O)CO)Cc6c(O)c7c(c(O)c65)C(=O)c5c(OC)cccc5C7=O)C[C@@H]43)cc2)[C@H](O)[C@@H](O)[C@@H]1O. The van der Waals surface area contributed by atoms with Crippen LogP contribution in [0.15, 0.2) is 42.5 Å². The Kier molecular flexibility index (Phi) is 13.0. The summed E-state index contributed by atoms with van der Waals surface area (Å²) >= 11 is 0. The number of benzene rings is 3. The number of phenolic OH excluding ortho intramolecular Hbond substituents is 2. The Balaban J connectivity index is 0.948. The smallest absolute Gasteiger partial charge is 0.414 e. The third-order valence-electron chi connectivity index (χ3n) is 12.5. The van der Waals surface area contributed by atoms with Crippen molar-refractivity contribution in [2.45, 2.75) is 99.7 Å². The van der Waals surface area contributed by atoms with Gasteiger partial charge in [-0.25, -0.2) is 14.4 Å². The maximum atomic E-state index is 14.0. The van der Waals surface area contributed by atoms with Crippen molar-refractivity contribution in [3.8, 4) is 17.2 Å². The Bertz CT molecular complexity index is 2500. The van der Waals surface area contributed by atoms with E-state index >= 15 is 0 Å². The van der Waals surface area contributed by atoms with E-state index in [1.807, 2.05) is 0 Å². The van der Waals surface area contributed by atoms with E-state index in [9.17, 15) is 64.5 Å². The molecule has 358 valence electrons. The van der Waals surface area contributed by atoms with Crippen LogP contribution in [0.3, 0.4) is 0 Å². The lowest BCUT2D eigenvalue weighted by molar-refractivity contribution is -0.278. The maximum Gasteiger partial charge on any atom is 0.414 e. The van der Waals surface area contributed by atoms with Crippen molar-refractivity contribution in [3.63, 3.8) is 0 Å². The number of hydrogen-bond donors (Lipinski definition) is 8.